The Morgan fingerprint density at radius 2 is 1.88 bits per heavy atom. The van der Waals surface area contributed by atoms with Crippen molar-refractivity contribution in [3.8, 4) is 11.5 Å². The summed E-state index contributed by atoms with van der Waals surface area (Å²) in [4.78, 5) is 26.0. The smallest absolute Gasteiger partial charge is 0.237 e. The summed E-state index contributed by atoms with van der Waals surface area (Å²) in [5.74, 6) is 1.33. The molecule has 0 aliphatic carbocycles. The van der Waals surface area contributed by atoms with Crippen LogP contribution in [0.1, 0.15) is 31.7 Å². The summed E-state index contributed by atoms with van der Waals surface area (Å²) in [6.45, 7) is 2.97. The lowest BCUT2D eigenvalue weighted by molar-refractivity contribution is -0.132. The average Bonchev–Trinajstić information content (AvgIpc) is 2.66. The predicted octanol–water partition coefficient (Wildman–Crippen LogP) is 2.37. The maximum atomic E-state index is 12.4. The van der Waals surface area contributed by atoms with E-state index in [2.05, 4.69) is 5.32 Å². The molecule has 1 aliphatic heterocycles. The van der Waals surface area contributed by atoms with Crippen molar-refractivity contribution < 1.29 is 19.1 Å². The molecule has 1 heterocycles. The molecule has 1 aliphatic rings. The maximum Gasteiger partial charge on any atom is 0.237 e. The first kappa shape index (κ1) is 20.4. The van der Waals surface area contributed by atoms with Gasteiger partial charge in [-0.05, 0) is 43.9 Å². The summed E-state index contributed by atoms with van der Waals surface area (Å²) in [7, 11) is 3.20. The third-order valence-corrected chi connectivity index (χ3v) is 4.83. The van der Waals surface area contributed by atoms with Crippen LogP contribution in [0.3, 0.4) is 0 Å². The van der Waals surface area contributed by atoms with Crippen LogP contribution in [0, 0.1) is 0 Å². The molecule has 2 amide bonds. The summed E-state index contributed by atoms with van der Waals surface area (Å²) in [5.41, 5.74) is 1.04. The van der Waals surface area contributed by atoms with Crippen molar-refractivity contribution in [1.29, 1.82) is 0 Å². The van der Waals surface area contributed by atoms with E-state index in [-0.39, 0.29) is 17.9 Å². The van der Waals surface area contributed by atoms with Gasteiger partial charge in [-0.2, -0.15) is 0 Å². The van der Waals surface area contributed by atoms with Crippen LogP contribution < -0.4 is 14.8 Å². The van der Waals surface area contributed by atoms with Crippen molar-refractivity contribution in [3.63, 3.8) is 0 Å². The second-order valence-corrected chi connectivity index (χ2v) is 7.12. The zero-order valence-electron chi connectivity index (χ0n) is 15.6. The Balaban J connectivity index is 1.80. The molecule has 1 aromatic carbocycles. The molecule has 1 N–H and O–H groups in total. The summed E-state index contributed by atoms with van der Waals surface area (Å²) in [6.07, 6.45) is 2.62. The number of halogens is 1. The minimum absolute atomic E-state index is 0.0959. The number of methoxy groups -OCH3 is 2. The molecule has 144 valence electrons. The van der Waals surface area contributed by atoms with Crippen LogP contribution in [0.25, 0.3) is 0 Å². The number of aryl methyl sites for hydroxylation is 1. The summed E-state index contributed by atoms with van der Waals surface area (Å²) in [6, 6.07) is 5.80. The second kappa shape index (κ2) is 9.67. The van der Waals surface area contributed by atoms with Gasteiger partial charge < -0.3 is 19.7 Å². The Morgan fingerprint density at radius 1 is 1.23 bits per heavy atom. The first-order valence-corrected chi connectivity index (χ1v) is 9.31. The standard InChI is InChI=1S/C19H27ClN2O4/c1-13(20)19(24)21-15-8-10-22(11-9-15)18(23)7-5-14-4-6-16(25-2)17(12-14)26-3/h4,6,12-13,15H,5,7-11H2,1-3H3,(H,21,24). The number of alkyl halides is 1. The molecule has 1 aromatic rings. The summed E-state index contributed by atoms with van der Waals surface area (Å²) < 4.78 is 10.5. The van der Waals surface area contributed by atoms with Gasteiger partial charge in [-0.25, -0.2) is 0 Å². The van der Waals surface area contributed by atoms with Crippen molar-refractivity contribution in [2.45, 2.75) is 44.0 Å². The molecule has 7 heteroatoms. The number of carbonyl (C=O) groups is 2. The summed E-state index contributed by atoms with van der Waals surface area (Å²) >= 11 is 5.77. The van der Waals surface area contributed by atoms with Gasteiger partial charge in [0.2, 0.25) is 11.8 Å². The van der Waals surface area contributed by atoms with Gasteiger partial charge in [-0.1, -0.05) is 6.07 Å². The Labute approximate surface area is 159 Å². The molecule has 0 radical (unpaired) electrons. The van der Waals surface area contributed by atoms with Crippen LogP contribution in [0.2, 0.25) is 0 Å². The third-order valence-electron chi connectivity index (χ3n) is 4.63. The van der Waals surface area contributed by atoms with Gasteiger partial charge in [-0.3, -0.25) is 9.59 Å². The van der Waals surface area contributed by atoms with E-state index in [1.165, 1.54) is 0 Å². The highest BCUT2D eigenvalue weighted by Crippen LogP contribution is 2.28. The molecule has 1 atom stereocenters. The van der Waals surface area contributed by atoms with Crippen LogP contribution in [0.4, 0.5) is 0 Å². The number of nitrogens with one attached hydrogen (secondary N) is 1. The normalized spacial score (nSPS) is 16.1. The predicted molar refractivity (Wildman–Crippen MR) is 101 cm³/mol. The number of amides is 2. The van der Waals surface area contributed by atoms with Crippen LogP contribution in [0.15, 0.2) is 18.2 Å². The Bertz CT molecular complexity index is 628. The van der Waals surface area contributed by atoms with Crippen molar-refractivity contribution >= 4 is 23.4 Å². The lowest BCUT2D eigenvalue weighted by Gasteiger charge is -2.32. The number of carbonyl (C=O) groups excluding carboxylic acids is 2. The fourth-order valence-electron chi connectivity index (χ4n) is 3.03. The van der Waals surface area contributed by atoms with Crippen molar-refractivity contribution in [1.82, 2.24) is 10.2 Å². The average molecular weight is 383 g/mol. The molecule has 0 bridgehead atoms. The van der Waals surface area contributed by atoms with Gasteiger partial charge in [0.1, 0.15) is 5.38 Å². The van der Waals surface area contributed by atoms with Gasteiger partial charge in [0.15, 0.2) is 11.5 Å². The molecular weight excluding hydrogens is 356 g/mol. The monoisotopic (exact) mass is 382 g/mol. The van der Waals surface area contributed by atoms with E-state index in [0.29, 0.717) is 37.4 Å². The molecule has 26 heavy (non-hydrogen) atoms. The molecule has 1 unspecified atom stereocenters. The van der Waals surface area contributed by atoms with Gasteiger partial charge >= 0.3 is 0 Å². The largest absolute Gasteiger partial charge is 0.493 e. The van der Waals surface area contributed by atoms with E-state index in [4.69, 9.17) is 21.1 Å². The Hall–Kier alpha value is -1.95. The first-order chi connectivity index (χ1) is 12.4. The van der Waals surface area contributed by atoms with Gasteiger partial charge in [0.05, 0.1) is 14.2 Å². The van der Waals surface area contributed by atoms with E-state index in [1.54, 1.807) is 21.1 Å². The number of hydrogen-bond donors (Lipinski definition) is 1. The lowest BCUT2D eigenvalue weighted by Crippen LogP contribution is -2.47. The molecule has 0 aromatic heterocycles. The first-order valence-electron chi connectivity index (χ1n) is 8.87. The number of benzene rings is 1. The fourth-order valence-corrected chi connectivity index (χ4v) is 3.10. The molecule has 1 fully saturated rings. The third kappa shape index (κ3) is 5.53. The zero-order chi connectivity index (χ0) is 19.1. The van der Waals surface area contributed by atoms with Crippen LogP contribution in [-0.4, -0.2) is 55.4 Å². The van der Waals surface area contributed by atoms with Crippen molar-refractivity contribution in [3.05, 3.63) is 23.8 Å². The Kier molecular flexibility index (Phi) is 7.57. The molecular formula is C19H27ClN2O4. The zero-order valence-corrected chi connectivity index (χ0v) is 16.3. The van der Waals surface area contributed by atoms with E-state index in [9.17, 15) is 9.59 Å². The van der Waals surface area contributed by atoms with Crippen molar-refractivity contribution in [2.24, 2.45) is 0 Å². The molecule has 6 nitrogen and oxygen atoms in total. The second-order valence-electron chi connectivity index (χ2n) is 6.47. The number of piperidine rings is 1. The highest BCUT2D eigenvalue weighted by atomic mass is 35.5. The maximum absolute atomic E-state index is 12.4. The summed E-state index contributed by atoms with van der Waals surface area (Å²) in [5, 5.41) is 2.39. The minimum Gasteiger partial charge on any atom is -0.493 e. The van der Waals surface area contributed by atoms with Crippen molar-refractivity contribution in [2.75, 3.05) is 27.3 Å². The van der Waals surface area contributed by atoms with E-state index in [0.717, 1.165) is 18.4 Å². The number of ether oxygens (including phenoxy) is 2. The number of likely N-dealkylation sites (tertiary alicyclic amines) is 1. The number of rotatable bonds is 7. The Morgan fingerprint density at radius 3 is 2.46 bits per heavy atom. The number of hydrogen-bond acceptors (Lipinski definition) is 4. The lowest BCUT2D eigenvalue weighted by atomic mass is 10.0. The van der Waals surface area contributed by atoms with E-state index in [1.807, 2.05) is 23.1 Å². The van der Waals surface area contributed by atoms with E-state index < -0.39 is 5.38 Å². The number of nitrogens with zero attached hydrogens (tertiary/aromatic N) is 1. The van der Waals surface area contributed by atoms with Gasteiger partial charge in [-0.15, -0.1) is 11.6 Å². The fraction of sp³-hybridized carbons (Fsp3) is 0.579. The SMILES string of the molecule is COc1ccc(CCC(=O)N2CCC(NC(=O)C(C)Cl)CC2)cc1OC. The molecule has 2 rings (SSSR count). The van der Waals surface area contributed by atoms with Crippen LogP contribution >= 0.6 is 11.6 Å². The molecule has 1 saturated heterocycles. The van der Waals surface area contributed by atoms with Crippen LogP contribution in [-0.2, 0) is 16.0 Å². The molecule has 0 saturated carbocycles. The van der Waals surface area contributed by atoms with Gasteiger partial charge in [0, 0.05) is 25.6 Å². The topological polar surface area (TPSA) is 67.9 Å². The molecule has 0 spiro atoms. The highest BCUT2D eigenvalue weighted by Gasteiger charge is 2.24. The van der Waals surface area contributed by atoms with E-state index >= 15 is 0 Å². The minimum atomic E-state index is -0.531. The van der Waals surface area contributed by atoms with Crippen LogP contribution in [0.5, 0.6) is 11.5 Å². The van der Waals surface area contributed by atoms with Gasteiger partial charge in [0.25, 0.3) is 0 Å². The highest BCUT2D eigenvalue weighted by molar-refractivity contribution is 6.30. The quantitative estimate of drug-likeness (QED) is 0.735.